The lowest BCUT2D eigenvalue weighted by molar-refractivity contribution is -0.147. The van der Waals surface area contributed by atoms with E-state index < -0.39 is 24.5 Å². The molecule has 0 aliphatic heterocycles. The number of benzene rings is 2. The fraction of sp³-hybridized carbons (Fsp3) is 0.238. The van der Waals surface area contributed by atoms with Gasteiger partial charge in [-0.2, -0.15) is 13.8 Å². The highest BCUT2D eigenvalue weighted by molar-refractivity contribution is 6.33. The molecule has 0 saturated carbocycles. The number of aromatic nitrogens is 2. The molecular formula is C21H18ClF2N3O6. The van der Waals surface area contributed by atoms with Gasteiger partial charge in [0.25, 0.3) is 11.8 Å². The van der Waals surface area contributed by atoms with E-state index >= 15 is 0 Å². The Hall–Kier alpha value is -3.73. The van der Waals surface area contributed by atoms with Crippen molar-refractivity contribution in [2.45, 2.75) is 26.2 Å². The highest BCUT2D eigenvalue weighted by Crippen LogP contribution is 2.32. The van der Waals surface area contributed by atoms with Gasteiger partial charge in [0.15, 0.2) is 18.1 Å². The third-order valence-electron chi connectivity index (χ3n) is 4.26. The van der Waals surface area contributed by atoms with Gasteiger partial charge in [0.2, 0.25) is 5.82 Å². The van der Waals surface area contributed by atoms with Crippen LogP contribution in [0, 0.1) is 0 Å². The molecule has 12 heteroatoms. The minimum absolute atomic E-state index is 0.0187. The van der Waals surface area contributed by atoms with Crippen molar-refractivity contribution in [3.05, 3.63) is 58.9 Å². The van der Waals surface area contributed by atoms with Crippen molar-refractivity contribution in [1.29, 1.82) is 0 Å². The van der Waals surface area contributed by atoms with Gasteiger partial charge in [-0.15, -0.1) is 0 Å². The van der Waals surface area contributed by atoms with Crippen LogP contribution in [-0.2, 0) is 16.1 Å². The largest absolute Gasteiger partial charge is 0.493 e. The summed E-state index contributed by atoms with van der Waals surface area (Å²) in [7, 11) is 1.30. The number of ether oxygens (including phenoxy) is 3. The molecule has 1 atom stereocenters. The number of esters is 1. The number of rotatable bonds is 9. The SMILES string of the molecule is COc1cc(-c2noc(COC(=O)[C@H](C)NC(=O)c3ccccc3Cl)n2)ccc1OC(F)F. The maximum atomic E-state index is 12.5. The Morgan fingerprint density at radius 3 is 2.64 bits per heavy atom. The first kappa shape index (κ1) is 23.9. The second-order valence-electron chi connectivity index (χ2n) is 6.54. The van der Waals surface area contributed by atoms with Crippen LogP contribution in [0.3, 0.4) is 0 Å². The predicted octanol–water partition coefficient (Wildman–Crippen LogP) is 3.86. The van der Waals surface area contributed by atoms with Crippen molar-refractivity contribution in [3.8, 4) is 22.9 Å². The van der Waals surface area contributed by atoms with Crippen molar-refractivity contribution < 1.29 is 37.1 Å². The number of methoxy groups -OCH3 is 1. The molecule has 33 heavy (non-hydrogen) atoms. The molecular weight excluding hydrogens is 464 g/mol. The molecule has 174 valence electrons. The normalized spacial score (nSPS) is 11.7. The number of hydrogen-bond donors (Lipinski definition) is 1. The van der Waals surface area contributed by atoms with E-state index in [1.165, 1.54) is 38.3 Å². The van der Waals surface area contributed by atoms with E-state index in [1.54, 1.807) is 18.2 Å². The summed E-state index contributed by atoms with van der Waals surface area (Å²) in [5, 5.41) is 6.51. The van der Waals surface area contributed by atoms with Gasteiger partial charge in [-0.3, -0.25) is 4.79 Å². The number of halogens is 3. The highest BCUT2D eigenvalue weighted by atomic mass is 35.5. The third-order valence-corrected chi connectivity index (χ3v) is 4.59. The van der Waals surface area contributed by atoms with Crippen LogP contribution in [0.5, 0.6) is 11.5 Å². The molecule has 0 aliphatic carbocycles. The van der Waals surface area contributed by atoms with E-state index in [9.17, 15) is 18.4 Å². The number of amides is 1. The molecule has 3 aromatic rings. The fourth-order valence-corrected chi connectivity index (χ4v) is 2.89. The number of nitrogens with zero attached hydrogens (tertiary/aromatic N) is 2. The number of hydrogen-bond acceptors (Lipinski definition) is 8. The van der Waals surface area contributed by atoms with Gasteiger partial charge in [-0.1, -0.05) is 28.9 Å². The van der Waals surface area contributed by atoms with E-state index in [0.29, 0.717) is 5.56 Å². The molecule has 1 aromatic heterocycles. The molecule has 0 saturated heterocycles. The first-order valence-corrected chi connectivity index (χ1v) is 9.84. The Morgan fingerprint density at radius 1 is 1.18 bits per heavy atom. The minimum atomic E-state index is -3.01. The topological polar surface area (TPSA) is 113 Å². The summed E-state index contributed by atoms with van der Waals surface area (Å²) in [4.78, 5) is 28.5. The lowest BCUT2D eigenvalue weighted by atomic mass is 10.2. The van der Waals surface area contributed by atoms with Crippen molar-refractivity contribution in [3.63, 3.8) is 0 Å². The van der Waals surface area contributed by atoms with Crippen LogP contribution in [0.4, 0.5) is 8.78 Å². The van der Waals surface area contributed by atoms with E-state index in [-0.39, 0.29) is 40.4 Å². The Morgan fingerprint density at radius 2 is 1.94 bits per heavy atom. The fourth-order valence-electron chi connectivity index (χ4n) is 2.67. The van der Waals surface area contributed by atoms with Gasteiger partial charge in [0, 0.05) is 5.56 Å². The number of carbonyl (C=O) groups excluding carboxylic acids is 2. The molecule has 0 unspecified atom stereocenters. The minimum Gasteiger partial charge on any atom is -0.493 e. The first-order valence-electron chi connectivity index (χ1n) is 9.46. The Kier molecular flexibility index (Phi) is 7.78. The van der Waals surface area contributed by atoms with Gasteiger partial charge < -0.3 is 24.1 Å². The van der Waals surface area contributed by atoms with Crippen LogP contribution in [0.2, 0.25) is 5.02 Å². The summed E-state index contributed by atoms with van der Waals surface area (Å²) in [6.45, 7) is -1.90. The summed E-state index contributed by atoms with van der Waals surface area (Å²) >= 11 is 5.97. The van der Waals surface area contributed by atoms with Gasteiger partial charge in [0.1, 0.15) is 6.04 Å². The van der Waals surface area contributed by atoms with E-state index in [0.717, 1.165) is 0 Å². The maximum absolute atomic E-state index is 12.5. The van der Waals surface area contributed by atoms with E-state index in [4.69, 9.17) is 25.6 Å². The smallest absolute Gasteiger partial charge is 0.387 e. The van der Waals surface area contributed by atoms with Crippen molar-refractivity contribution in [1.82, 2.24) is 15.5 Å². The Balaban J connectivity index is 1.59. The molecule has 0 fully saturated rings. The van der Waals surface area contributed by atoms with Crippen LogP contribution in [0.15, 0.2) is 47.0 Å². The van der Waals surface area contributed by atoms with Crippen molar-refractivity contribution in [2.24, 2.45) is 0 Å². The molecule has 0 radical (unpaired) electrons. The van der Waals surface area contributed by atoms with Crippen molar-refractivity contribution >= 4 is 23.5 Å². The molecule has 3 rings (SSSR count). The quantitative estimate of drug-likeness (QED) is 0.458. The van der Waals surface area contributed by atoms with Gasteiger partial charge >= 0.3 is 12.6 Å². The Bertz CT molecular complexity index is 1140. The molecule has 1 N–H and O–H groups in total. The third kappa shape index (κ3) is 6.16. The highest BCUT2D eigenvalue weighted by Gasteiger charge is 2.21. The Labute approximate surface area is 191 Å². The zero-order valence-electron chi connectivity index (χ0n) is 17.4. The molecule has 0 bridgehead atoms. The number of alkyl halides is 2. The lowest BCUT2D eigenvalue weighted by Gasteiger charge is -2.13. The summed E-state index contributed by atoms with van der Waals surface area (Å²) in [5.41, 5.74) is 0.621. The summed E-state index contributed by atoms with van der Waals surface area (Å²) in [6.07, 6.45) is 0. The zero-order chi connectivity index (χ0) is 24.0. The average Bonchev–Trinajstić information content (AvgIpc) is 3.26. The lowest BCUT2D eigenvalue weighted by Crippen LogP contribution is -2.39. The first-order chi connectivity index (χ1) is 15.8. The van der Waals surface area contributed by atoms with Crippen LogP contribution in [0.25, 0.3) is 11.4 Å². The number of nitrogens with one attached hydrogen (secondary N) is 1. The van der Waals surface area contributed by atoms with Crippen LogP contribution >= 0.6 is 11.6 Å². The molecule has 0 aliphatic rings. The van der Waals surface area contributed by atoms with Crippen molar-refractivity contribution in [2.75, 3.05) is 7.11 Å². The van der Waals surface area contributed by atoms with E-state index in [1.807, 2.05) is 0 Å². The van der Waals surface area contributed by atoms with Crippen LogP contribution in [0.1, 0.15) is 23.2 Å². The van der Waals surface area contributed by atoms with E-state index in [2.05, 4.69) is 20.2 Å². The van der Waals surface area contributed by atoms with Crippen LogP contribution < -0.4 is 14.8 Å². The summed E-state index contributed by atoms with van der Waals surface area (Å²) in [5.74, 6) is -1.27. The van der Waals surface area contributed by atoms with Gasteiger partial charge in [-0.25, -0.2) is 4.79 Å². The molecule has 9 nitrogen and oxygen atoms in total. The molecule has 0 spiro atoms. The zero-order valence-corrected chi connectivity index (χ0v) is 18.1. The van der Waals surface area contributed by atoms with Gasteiger partial charge in [-0.05, 0) is 37.3 Å². The number of carbonyl (C=O) groups is 2. The second-order valence-corrected chi connectivity index (χ2v) is 6.95. The summed E-state index contributed by atoms with van der Waals surface area (Å²) in [6, 6.07) is 9.54. The molecule has 1 heterocycles. The predicted molar refractivity (Wildman–Crippen MR) is 111 cm³/mol. The van der Waals surface area contributed by atoms with Gasteiger partial charge in [0.05, 0.1) is 17.7 Å². The monoisotopic (exact) mass is 481 g/mol. The standard InChI is InChI=1S/C21H18ClF2N3O6/c1-11(25-19(28)13-5-3-4-6-14(13)22)20(29)31-10-17-26-18(27-33-17)12-7-8-15(32-21(23)24)16(9-12)30-2/h3-9,11,21H,10H2,1-2H3,(H,25,28)/t11-/m0/s1. The maximum Gasteiger partial charge on any atom is 0.387 e. The summed E-state index contributed by atoms with van der Waals surface area (Å²) < 4.78 is 44.5. The molecule has 2 aromatic carbocycles. The second kappa shape index (κ2) is 10.7. The average molecular weight is 482 g/mol. The van der Waals surface area contributed by atoms with Crippen LogP contribution in [-0.4, -0.2) is 41.8 Å². The molecule has 1 amide bonds.